The molecule has 0 amide bonds. The van der Waals surface area contributed by atoms with E-state index in [0.717, 1.165) is 45.4 Å². The van der Waals surface area contributed by atoms with Crippen LogP contribution in [0, 0.1) is 6.92 Å². The molecule has 0 unspecified atom stereocenters. The second-order valence-electron chi connectivity index (χ2n) is 12.3. The molecule has 0 aliphatic carbocycles. The summed E-state index contributed by atoms with van der Waals surface area (Å²) in [5, 5.41) is 34.9. The zero-order chi connectivity index (χ0) is 44.8. The van der Waals surface area contributed by atoms with Gasteiger partial charge >= 0.3 is 0 Å². The second kappa shape index (κ2) is 36.7. The van der Waals surface area contributed by atoms with Crippen molar-refractivity contribution < 1.29 is 5.11 Å². The van der Waals surface area contributed by atoms with E-state index < -0.39 is 0 Å². The number of phenols is 1. The number of rotatable bonds is 7. The molecule has 6 aromatic carbocycles. The third kappa shape index (κ3) is 22.2. The van der Waals surface area contributed by atoms with E-state index in [4.69, 9.17) is 0 Å². The van der Waals surface area contributed by atoms with Gasteiger partial charge in [0.1, 0.15) is 5.69 Å². The van der Waals surface area contributed by atoms with Gasteiger partial charge in [-0.1, -0.05) is 187 Å². The van der Waals surface area contributed by atoms with Crippen LogP contribution in [-0.2, 0) is 0 Å². The Morgan fingerprint density at radius 3 is 1.31 bits per heavy atom. The summed E-state index contributed by atoms with van der Waals surface area (Å²) in [4.78, 5) is 0. The smallest absolute Gasteiger partial charge is 0.151 e. The normalized spacial score (nSPS) is 9.75. The van der Waals surface area contributed by atoms with Crippen LogP contribution in [0.4, 0.5) is 22.7 Å². The van der Waals surface area contributed by atoms with Crippen LogP contribution in [0.25, 0.3) is 33.7 Å². The van der Waals surface area contributed by atoms with E-state index in [0.29, 0.717) is 11.4 Å². The first kappa shape index (κ1) is 55.5. The average molecular weight is 800 g/mol. The van der Waals surface area contributed by atoms with E-state index in [9.17, 15) is 5.11 Å². The molecular weight excluding hydrogens is 723 g/mol. The number of hydrogen-bond acceptors (Lipinski definition) is 6. The molecule has 0 aromatic heterocycles. The van der Waals surface area contributed by atoms with Crippen LogP contribution in [-0.4, -0.2) is 18.7 Å². The third-order valence-corrected chi connectivity index (χ3v) is 7.05. The Kier molecular flexibility index (Phi) is 34.5. The predicted molar refractivity (Wildman–Crippen MR) is 267 cm³/mol. The Morgan fingerprint density at radius 2 is 0.915 bits per heavy atom. The number of hydrogen-bond donors (Lipinski definition) is 2. The maximum atomic E-state index is 10.8. The summed E-state index contributed by atoms with van der Waals surface area (Å²) in [5.41, 5.74) is 6.06. The Balaban J connectivity index is 0. The van der Waals surface area contributed by atoms with E-state index in [2.05, 4.69) is 123 Å². The molecule has 6 heteroatoms. The summed E-state index contributed by atoms with van der Waals surface area (Å²) in [5.74, 6) is 0.146. The molecule has 6 rings (SSSR count). The SMILES string of the molecule is CC.CC.CC.CCC.CCC.CCC.CCNc1ccc2c(O)c(N=Nc3ccc(C=Cc4ccc(N=NC)cc4)cc3)c(C)cc2c1.c1ccc2ccccc2c1. The lowest BCUT2D eigenvalue weighted by Crippen LogP contribution is -1.95. The molecule has 0 radical (unpaired) electrons. The largest absolute Gasteiger partial charge is 0.505 e. The number of nitrogens with one attached hydrogen (secondary N) is 1. The molecular formula is C53H77N5O. The van der Waals surface area contributed by atoms with Crippen molar-refractivity contribution in [1.82, 2.24) is 0 Å². The highest BCUT2D eigenvalue weighted by Gasteiger charge is 2.11. The Labute approximate surface area is 359 Å². The van der Waals surface area contributed by atoms with Gasteiger partial charge in [0, 0.05) is 24.7 Å². The molecule has 0 aliphatic heterocycles. The van der Waals surface area contributed by atoms with Crippen molar-refractivity contribution in [3.05, 3.63) is 138 Å². The van der Waals surface area contributed by atoms with Crippen molar-refractivity contribution in [2.24, 2.45) is 20.5 Å². The highest BCUT2D eigenvalue weighted by Crippen LogP contribution is 2.39. The first-order chi connectivity index (χ1) is 28.8. The van der Waals surface area contributed by atoms with Gasteiger partial charge in [-0.15, -0.1) is 5.11 Å². The van der Waals surface area contributed by atoms with E-state index in [1.807, 2.05) is 133 Å². The minimum absolute atomic E-state index is 0.146. The zero-order valence-corrected chi connectivity index (χ0v) is 39.3. The standard InChI is InChI=1S/C28H27N5O.C10H8.3C3H8.3C2H6/c1-4-30-25-15-16-26-22(18-25)17-19(2)27(28(26)34)33-32-24-13-9-21(10-14-24)6-5-20-7-11-23(12-8-20)31-29-3;1-2-6-10-8-4-3-7-9(10)5-1;3*1-3-2;3*1-2/h5-18,30,34H,4H2,1-3H3;1-8H;3*3H2,1-2H3;3*1-2H3. The number of phenolic OH excluding ortho intramolecular Hbond substituents is 1. The van der Waals surface area contributed by atoms with Crippen molar-refractivity contribution in [2.45, 2.75) is 116 Å². The van der Waals surface area contributed by atoms with Crippen molar-refractivity contribution in [1.29, 1.82) is 0 Å². The molecule has 0 saturated heterocycles. The lowest BCUT2D eigenvalue weighted by Gasteiger charge is -2.10. The number of azo groups is 2. The highest BCUT2D eigenvalue weighted by atomic mass is 16.3. The van der Waals surface area contributed by atoms with Gasteiger partial charge in [-0.3, -0.25) is 0 Å². The van der Waals surface area contributed by atoms with Crippen molar-refractivity contribution in [3.63, 3.8) is 0 Å². The number of aromatic hydroxyl groups is 1. The van der Waals surface area contributed by atoms with Crippen molar-refractivity contribution in [3.8, 4) is 5.75 Å². The van der Waals surface area contributed by atoms with Crippen LogP contribution in [0.1, 0.15) is 126 Å². The summed E-state index contributed by atoms with van der Waals surface area (Å²) in [6.07, 6.45) is 7.83. The molecule has 0 aliphatic rings. The fourth-order valence-corrected chi connectivity index (χ4v) is 4.81. The Bertz CT molecular complexity index is 1930. The van der Waals surface area contributed by atoms with Crippen molar-refractivity contribution in [2.75, 3.05) is 18.9 Å². The van der Waals surface area contributed by atoms with Gasteiger partial charge in [0.05, 0.1) is 11.4 Å². The first-order valence-electron chi connectivity index (χ1n) is 21.8. The number of anilines is 1. The summed E-state index contributed by atoms with van der Waals surface area (Å²) in [6, 6.07) is 40.3. The molecule has 0 bridgehead atoms. The first-order valence-corrected chi connectivity index (χ1v) is 21.8. The second-order valence-corrected chi connectivity index (χ2v) is 12.3. The summed E-state index contributed by atoms with van der Waals surface area (Å²) in [6.45, 7) is 29.6. The summed E-state index contributed by atoms with van der Waals surface area (Å²) >= 11 is 0. The predicted octanol–water partition coefficient (Wildman–Crippen LogP) is 18.8. The summed E-state index contributed by atoms with van der Waals surface area (Å²) in [7, 11) is 1.66. The number of nitrogens with zero attached hydrogens (tertiary/aromatic N) is 4. The van der Waals surface area contributed by atoms with Crippen molar-refractivity contribution >= 4 is 56.4 Å². The van der Waals surface area contributed by atoms with Crippen LogP contribution < -0.4 is 5.32 Å². The highest BCUT2D eigenvalue weighted by molar-refractivity contribution is 5.95. The van der Waals surface area contributed by atoms with Crippen LogP contribution in [0.15, 0.2) is 142 Å². The quantitative estimate of drug-likeness (QED) is 0.125. The minimum Gasteiger partial charge on any atom is -0.505 e. The van der Waals surface area contributed by atoms with E-state index in [1.54, 1.807) is 7.05 Å². The van der Waals surface area contributed by atoms with E-state index in [1.165, 1.54) is 30.0 Å². The van der Waals surface area contributed by atoms with Gasteiger partial charge in [0.15, 0.2) is 5.75 Å². The molecule has 6 nitrogen and oxygen atoms in total. The molecule has 0 spiro atoms. The monoisotopic (exact) mass is 800 g/mol. The zero-order valence-electron chi connectivity index (χ0n) is 39.3. The molecule has 0 saturated carbocycles. The molecule has 0 atom stereocenters. The number of aryl methyl sites for hydroxylation is 1. The minimum atomic E-state index is 0.146. The van der Waals surface area contributed by atoms with Crippen LogP contribution in [0.2, 0.25) is 0 Å². The van der Waals surface area contributed by atoms with Gasteiger partial charge in [0.25, 0.3) is 0 Å². The topological polar surface area (TPSA) is 81.7 Å². The maximum Gasteiger partial charge on any atom is 0.151 e. The van der Waals surface area contributed by atoms with E-state index >= 15 is 0 Å². The van der Waals surface area contributed by atoms with Gasteiger partial charge < -0.3 is 10.4 Å². The molecule has 320 valence electrons. The lowest BCUT2D eigenvalue weighted by molar-refractivity contribution is 0.482. The van der Waals surface area contributed by atoms with Gasteiger partial charge in [-0.25, -0.2) is 0 Å². The number of fused-ring (bicyclic) bond motifs is 2. The van der Waals surface area contributed by atoms with Gasteiger partial charge in [-0.2, -0.15) is 15.3 Å². The number of benzene rings is 6. The van der Waals surface area contributed by atoms with Gasteiger partial charge in [0.2, 0.25) is 0 Å². The average Bonchev–Trinajstić information content (AvgIpc) is 3.27. The maximum absolute atomic E-state index is 10.8. The van der Waals surface area contributed by atoms with Crippen LogP contribution >= 0.6 is 0 Å². The lowest BCUT2D eigenvalue weighted by atomic mass is 10.0. The van der Waals surface area contributed by atoms with Crippen LogP contribution in [0.3, 0.4) is 0 Å². The fraction of sp³-hybridized carbons (Fsp3) is 0.358. The molecule has 0 fully saturated rings. The molecule has 59 heavy (non-hydrogen) atoms. The molecule has 6 aromatic rings. The van der Waals surface area contributed by atoms with Crippen LogP contribution in [0.5, 0.6) is 5.75 Å². The fourth-order valence-electron chi connectivity index (χ4n) is 4.81. The molecule has 0 heterocycles. The Morgan fingerprint density at radius 1 is 0.508 bits per heavy atom. The summed E-state index contributed by atoms with van der Waals surface area (Å²) < 4.78 is 0. The molecule has 2 N–H and O–H groups in total. The third-order valence-electron chi connectivity index (χ3n) is 7.05. The van der Waals surface area contributed by atoms with E-state index in [-0.39, 0.29) is 5.75 Å². The Hall–Kier alpha value is -5.62. The van der Waals surface area contributed by atoms with Gasteiger partial charge in [-0.05, 0) is 95.2 Å².